The van der Waals surface area contributed by atoms with Crippen LogP contribution in [-0.4, -0.2) is 49.0 Å². The molecule has 0 spiro atoms. The molecule has 2 N–H and O–H groups in total. The number of carbonyl (C=O) groups is 4. The van der Waals surface area contributed by atoms with Crippen LogP contribution in [0.4, 0.5) is 5.69 Å². The van der Waals surface area contributed by atoms with Crippen LogP contribution in [0.25, 0.3) is 0 Å². The Morgan fingerprint density at radius 2 is 2.14 bits per heavy atom. The standard InChI is InChI=1S/C15H17N3O4/c1-16-10-4-3-9(8-19)11(7-10)15(22)18(2)12-5-6-13(20)17-14(12)21/h3-4,7-8,12,16H,5-6H2,1-2H3,(H,17,20,21). The summed E-state index contributed by atoms with van der Waals surface area (Å²) in [5, 5.41) is 5.11. The van der Waals surface area contributed by atoms with Crippen molar-refractivity contribution in [2.24, 2.45) is 0 Å². The van der Waals surface area contributed by atoms with Crippen molar-refractivity contribution < 1.29 is 19.2 Å². The summed E-state index contributed by atoms with van der Waals surface area (Å²) in [7, 11) is 3.19. The number of amides is 3. The first-order chi connectivity index (χ1) is 10.5. The number of aldehydes is 1. The molecule has 0 aliphatic carbocycles. The normalized spacial score (nSPS) is 17.6. The first-order valence-corrected chi connectivity index (χ1v) is 6.85. The maximum Gasteiger partial charge on any atom is 0.255 e. The average Bonchev–Trinajstić information content (AvgIpc) is 2.53. The molecule has 1 aromatic rings. The molecule has 1 heterocycles. The van der Waals surface area contributed by atoms with Crippen LogP contribution in [0.3, 0.4) is 0 Å². The van der Waals surface area contributed by atoms with Crippen molar-refractivity contribution in [3.05, 3.63) is 29.3 Å². The molecule has 116 valence electrons. The minimum absolute atomic E-state index is 0.186. The van der Waals surface area contributed by atoms with Gasteiger partial charge in [0.1, 0.15) is 6.04 Å². The molecule has 0 saturated carbocycles. The number of likely N-dealkylation sites (N-methyl/N-ethyl adjacent to an activating group) is 1. The van der Waals surface area contributed by atoms with E-state index in [9.17, 15) is 19.2 Å². The predicted molar refractivity (Wildman–Crippen MR) is 79.6 cm³/mol. The van der Waals surface area contributed by atoms with Gasteiger partial charge in [-0.15, -0.1) is 0 Å². The molecule has 7 nitrogen and oxygen atoms in total. The molecule has 3 amide bonds. The zero-order chi connectivity index (χ0) is 16.3. The number of nitrogens with zero attached hydrogens (tertiary/aromatic N) is 1. The van der Waals surface area contributed by atoms with Crippen molar-refractivity contribution in [3.63, 3.8) is 0 Å². The Balaban J connectivity index is 2.29. The molecular formula is C15H17N3O4. The van der Waals surface area contributed by atoms with Gasteiger partial charge >= 0.3 is 0 Å². The van der Waals surface area contributed by atoms with Gasteiger partial charge in [0, 0.05) is 31.8 Å². The van der Waals surface area contributed by atoms with E-state index in [1.54, 1.807) is 25.2 Å². The molecule has 2 rings (SSSR count). The SMILES string of the molecule is CNc1ccc(C=O)c(C(=O)N(C)C2CCC(=O)NC2=O)c1. The van der Waals surface area contributed by atoms with Crippen LogP contribution in [-0.2, 0) is 9.59 Å². The third-order valence-corrected chi connectivity index (χ3v) is 3.70. The van der Waals surface area contributed by atoms with Gasteiger partial charge in [-0.05, 0) is 24.6 Å². The van der Waals surface area contributed by atoms with E-state index in [-0.39, 0.29) is 29.9 Å². The number of nitrogens with one attached hydrogen (secondary N) is 2. The van der Waals surface area contributed by atoms with Gasteiger partial charge < -0.3 is 10.2 Å². The van der Waals surface area contributed by atoms with Crippen molar-refractivity contribution in [2.45, 2.75) is 18.9 Å². The Hall–Kier alpha value is -2.70. The van der Waals surface area contributed by atoms with Gasteiger partial charge in [-0.25, -0.2) is 0 Å². The van der Waals surface area contributed by atoms with Crippen molar-refractivity contribution in [1.29, 1.82) is 0 Å². The molecule has 1 fully saturated rings. The molecule has 0 bridgehead atoms. The van der Waals surface area contributed by atoms with Crippen molar-refractivity contribution in [3.8, 4) is 0 Å². The Kier molecular flexibility index (Phi) is 4.55. The Labute approximate surface area is 127 Å². The Morgan fingerprint density at radius 3 is 2.73 bits per heavy atom. The molecule has 22 heavy (non-hydrogen) atoms. The van der Waals surface area contributed by atoms with Crippen LogP contribution in [0.2, 0.25) is 0 Å². The number of hydrogen-bond acceptors (Lipinski definition) is 5. The fourth-order valence-corrected chi connectivity index (χ4v) is 2.38. The zero-order valence-electron chi connectivity index (χ0n) is 12.4. The summed E-state index contributed by atoms with van der Waals surface area (Å²) in [6, 6.07) is 4.08. The van der Waals surface area contributed by atoms with Crippen LogP contribution < -0.4 is 10.6 Å². The van der Waals surface area contributed by atoms with Gasteiger partial charge in [0.2, 0.25) is 11.8 Å². The number of benzene rings is 1. The lowest BCUT2D eigenvalue weighted by Crippen LogP contribution is -2.53. The second-order valence-electron chi connectivity index (χ2n) is 5.05. The maximum atomic E-state index is 12.6. The second-order valence-corrected chi connectivity index (χ2v) is 5.05. The summed E-state index contributed by atoms with van der Waals surface area (Å²) in [5.74, 6) is -1.27. The lowest BCUT2D eigenvalue weighted by atomic mass is 10.0. The smallest absolute Gasteiger partial charge is 0.255 e. The van der Waals surface area contributed by atoms with E-state index in [2.05, 4.69) is 10.6 Å². The maximum absolute atomic E-state index is 12.6. The van der Waals surface area contributed by atoms with Crippen LogP contribution >= 0.6 is 0 Å². The third kappa shape index (κ3) is 2.98. The van der Waals surface area contributed by atoms with E-state index in [1.165, 1.54) is 11.9 Å². The quantitative estimate of drug-likeness (QED) is 0.621. The minimum atomic E-state index is -0.719. The Morgan fingerprint density at radius 1 is 1.41 bits per heavy atom. The van der Waals surface area contributed by atoms with Crippen LogP contribution in [0, 0.1) is 0 Å². The highest BCUT2D eigenvalue weighted by molar-refractivity contribution is 6.06. The van der Waals surface area contributed by atoms with Crippen molar-refractivity contribution >= 4 is 29.7 Å². The molecule has 1 unspecified atom stereocenters. The number of carbonyl (C=O) groups excluding carboxylic acids is 4. The molecule has 0 radical (unpaired) electrons. The largest absolute Gasteiger partial charge is 0.388 e. The van der Waals surface area contributed by atoms with Gasteiger partial charge in [0.05, 0.1) is 5.56 Å². The highest BCUT2D eigenvalue weighted by atomic mass is 16.2. The topological polar surface area (TPSA) is 95.6 Å². The fourth-order valence-electron chi connectivity index (χ4n) is 2.38. The van der Waals surface area contributed by atoms with Crippen LogP contribution in [0.15, 0.2) is 18.2 Å². The lowest BCUT2D eigenvalue weighted by Gasteiger charge is -2.30. The van der Waals surface area contributed by atoms with E-state index in [1.807, 2.05) is 0 Å². The van der Waals surface area contributed by atoms with E-state index >= 15 is 0 Å². The van der Waals surface area contributed by atoms with Gasteiger partial charge in [0.25, 0.3) is 5.91 Å². The summed E-state index contributed by atoms with van der Waals surface area (Å²) in [4.78, 5) is 48.0. The van der Waals surface area contributed by atoms with E-state index in [0.717, 1.165) is 0 Å². The first kappa shape index (κ1) is 15.7. The van der Waals surface area contributed by atoms with Crippen LogP contribution in [0.1, 0.15) is 33.6 Å². The van der Waals surface area contributed by atoms with E-state index in [4.69, 9.17) is 0 Å². The number of hydrogen-bond donors (Lipinski definition) is 2. The molecule has 0 aromatic heterocycles. The molecule has 1 aliphatic heterocycles. The van der Waals surface area contributed by atoms with Crippen molar-refractivity contribution in [2.75, 3.05) is 19.4 Å². The highest BCUT2D eigenvalue weighted by Crippen LogP contribution is 2.19. The molecular weight excluding hydrogens is 286 g/mol. The van der Waals surface area contributed by atoms with Crippen molar-refractivity contribution in [1.82, 2.24) is 10.2 Å². The molecule has 1 saturated heterocycles. The summed E-state index contributed by atoms with van der Waals surface area (Å²) in [6.45, 7) is 0. The lowest BCUT2D eigenvalue weighted by molar-refractivity contribution is -0.136. The summed E-state index contributed by atoms with van der Waals surface area (Å²) in [5.41, 5.74) is 1.16. The van der Waals surface area contributed by atoms with E-state index in [0.29, 0.717) is 12.0 Å². The van der Waals surface area contributed by atoms with E-state index < -0.39 is 17.9 Å². The summed E-state index contributed by atoms with van der Waals surface area (Å²) < 4.78 is 0. The Bertz CT molecular complexity index is 642. The second kappa shape index (κ2) is 6.38. The van der Waals surface area contributed by atoms with Gasteiger partial charge in [-0.3, -0.25) is 24.5 Å². The fraction of sp³-hybridized carbons (Fsp3) is 0.333. The van der Waals surface area contributed by atoms with Crippen LogP contribution in [0.5, 0.6) is 0 Å². The van der Waals surface area contributed by atoms with Gasteiger partial charge in [0.15, 0.2) is 6.29 Å². The monoisotopic (exact) mass is 303 g/mol. The van der Waals surface area contributed by atoms with Gasteiger partial charge in [-0.2, -0.15) is 0 Å². The number of anilines is 1. The molecule has 1 aromatic carbocycles. The molecule has 7 heteroatoms. The predicted octanol–water partition coefficient (Wildman–Crippen LogP) is 0.418. The summed E-state index contributed by atoms with van der Waals surface area (Å²) in [6.07, 6.45) is 1.06. The number of rotatable bonds is 4. The number of imide groups is 1. The average molecular weight is 303 g/mol. The summed E-state index contributed by atoms with van der Waals surface area (Å²) >= 11 is 0. The molecule has 1 aliphatic rings. The first-order valence-electron chi connectivity index (χ1n) is 6.85. The van der Waals surface area contributed by atoms with Gasteiger partial charge in [-0.1, -0.05) is 0 Å². The third-order valence-electron chi connectivity index (χ3n) is 3.70. The highest BCUT2D eigenvalue weighted by Gasteiger charge is 2.33. The molecule has 1 atom stereocenters. The number of piperidine rings is 1. The minimum Gasteiger partial charge on any atom is -0.388 e. The zero-order valence-corrected chi connectivity index (χ0v) is 12.4.